The molecule has 136 valence electrons. The fraction of sp³-hybridized carbons (Fsp3) is 0.250. The molecule has 2 aromatic carbocycles. The first-order valence-electron chi connectivity index (χ1n) is 8.02. The molecule has 0 spiro atoms. The van der Waals surface area contributed by atoms with Crippen LogP contribution in [0.3, 0.4) is 0 Å². The lowest BCUT2D eigenvalue weighted by Crippen LogP contribution is -2.26. The SMILES string of the molecule is CC(C)(C)c1oc2cc(Br)c(OCc3cccc(Br)c3)cc2c1C(=O)[O-]. The van der Waals surface area contributed by atoms with Crippen LogP contribution in [0.5, 0.6) is 5.75 Å². The van der Waals surface area contributed by atoms with Crippen molar-refractivity contribution in [2.24, 2.45) is 0 Å². The van der Waals surface area contributed by atoms with Gasteiger partial charge in [0.2, 0.25) is 0 Å². The smallest absolute Gasteiger partial charge is 0.136 e. The highest BCUT2D eigenvalue weighted by Gasteiger charge is 2.26. The lowest BCUT2D eigenvalue weighted by molar-refractivity contribution is -0.255. The molecule has 0 saturated carbocycles. The summed E-state index contributed by atoms with van der Waals surface area (Å²) in [6.45, 7) is 6.05. The molecule has 0 aliphatic carbocycles. The lowest BCUT2D eigenvalue weighted by Gasteiger charge is -2.17. The molecule has 0 N–H and O–H groups in total. The van der Waals surface area contributed by atoms with Gasteiger partial charge in [0.1, 0.15) is 23.7 Å². The molecule has 0 bridgehead atoms. The Kier molecular flexibility index (Phi) is 5.17. The number of carboxylic acids is 1. The first-order chi connectivity index (χ1) is 12.2. The Bertz CT molecular complexity index is 983. The average molecular weight is 481 g/mol. The Morgan fingerprint density at radius 2 is 1.92 bits per heavy atom. The number of hydrogen-bond donors (Lipinski definition) is 0. The van der Waals surface area contributed by atoms with Gasteiger partial charge in [-0.05, 0) is 45.8 Å². The van der Waals surface area contributed by atoms with Crippen molar-refractivity contribution < 1.29 is 19.1 Å². The van der Waals surface area contributed by atoms with Gasteiger partial charge in [-0.3, -0.25) is 0 Å². The normalized spacial score (nSPS) is 11.7. The first kappa shape index (κ1) is 19.0. The van der Waals surface area contributed by atoms with Crippen LogP contribution in [0.4, 0.5) is 0 Å². The van der Waals surface area contributed by atoms with Gasteiger partial charge in [-0.2, -0.15) is 0 Å². The first-order valence-corrected chi connectivity index (χ1v) is 9.60. The highest BCUT2D eigenvalue weighted by molar-refractivity contribution is 9.10. The number of aromatic carboxylic acids is 1. The molecule has 0 fully saturated rings. The number of carboxylic acid groups (broad SMARTS) is 1. The summed E-state index contributed by atoms with van der Waals surface area (Å²) in [6, 6.07) is 11.2. The largest absolute Gasteiger partial charge is 0.545 e. The maximum absolute atomic E-state index is 11.7. The zero-order valence-corrected chi connectivity index (χ0v) is 17.7. The van der Waals surface area contributed by atoms with E-state index < -0.39 is 11.4 Å². The van der Waals surface area contributed by atoms with Crippen LogP contribution in [-0.4, -0.2) is 5.97 Å². The summed E-state index contributed by atoms with van der Waals surface area (Å²) in [7, 11) is 0. The van der Waals surface area contributed by atoms with E-state index in [-0.39, 0.29) is 5.56 Å². The number of furan rings is 1. The molecule has 3 rings (SSSR count). The summed E-state index contributed by atoms with van der Waals surface area (Å²) >= 11 is 6.90. The van der Waals surface area contributed by atoms with Gasteiger partial charge in [0.05, 0.1) is 10.4 Å². The Hall–Kier alpha value is -1.79. The zero-order valence-electron chi connectivity index (χ0n) is 14.6. The van der Waals surface area contributed by atoms with Crippen LogP contribution >= 0.6 is 31.9 Å². The van der Waals surface area contributed by atoms with Crippen molar-refractivity contribution in [2.75, 3.05) is 0 Å². The molecule has 0 aliphatic rings. The van der Waals surface area contributed by atoms with Crippen LogP contribution in [0.25, 0.3) is 11.0 Å². The molecule has 1 heterocycles. The topological polar surface area (TPSA) is 62.5 Å². The van der Waals surface area contributed by atoms with E-state index in [0.717, 1.165) is 10.0 Å². The molecule has 4 nitrogen and oxygen atoms in total. The van der Waals surface area contributed by atoms with Gasteiger partial charge in [-0.1, -0.05) is 48.8 Å². The van der Waals surface area contributed by atoms with E-state index in [4.69, 9.17) is 9.15 Å². The molecule has 6 heteroatoms. The van der Waals surface area contributed by atoms with Gasteiger partial charge in [0.25, 0.3) is 0 Å². The van der Waals surface area contributed by atoms with Crippen LogP contribution in [-0.2, 0) is 12.0 Å². The predicted molar refractivity (Wildman–Crippen MR) is 105 cm³/mol. The second-order valence-electron chi connectivity index (χ2n) is 7.04. The minimum absolute atomic E-state index is 0.0762. The van der Waals surface area contributed by atoms with Crippen LogP contribution in [0.2, 0.25) is 0 Å². The van der Waals surface area contributed by atoms with E-state index >= 15 is 0 Å². The summed E-state index contributed by atoms with van der Waals surface area (Å²) in [5.41, 5.74) is 1.09. The molecular weight excluding hydrogens is 464 g/mol. The quantitative estimate of drug-likeness (QED) is 0.515. The third kappa shape index (κ3) is 3.81. The minimum Gasteiger partial charge on any atom is -0.545 e. The highest BCUT2D eigenvalue weighted by Crippen LogP contribution is 2.39. The van der Waals surface area contributed by atoms with Crippen molar-refractivity contribution in [3.8, 4) is 5.75 Å². The molecule has 3 aromatic rings. The number of rotatable bonds is 4. The number of hydrogen-bond acceptors (Lipinski definition) is 4. The van der Waals surface area contributed by atoms with Gasteiger partial charge in [0.15, 0.2) is 0 Å². The number of carbonyl (C=O) groups is 1. The predicted octanol–water partition coefficient (Wildman–Crippen LogP) is 5.20. The number of ether oxygens (including phenoxy) is 1. The van der Waals surface area contributed by atoms with Crippen molar-refractivity contribution in [1.82, 2.24) is 0 Å². The Labute approximate surface area is 168 Å². The molecule has 1 aromatic heterocycles. The standard InChI is InChI=1S/C20H18Br2O4/c1-20(2,3)18-17(19(23)24)13-8-16(14(22)9-15(13)26-18)25-10-11-5-4-6-12(21)7-11/h4-9H,10H2,1-3H3,(H,23,24)/p-1. The monoisotopic (exact) mass is 479 g/mol. The molecule has 0 saturated heterocycles. The molecule has 0 aliphatic heterocycles. The minimum atomic E-state index is -1.26. The maximum atomic E-state index is 11.7. The zero-order chi connectivity index (χ0) is 19.1. The van der Waals surface area contributed by atoms with Gasteiger partial charge in [-0.25, -0.2) is 0 Å². The van der Waals surface area contributed by atoms with Gasteiger partial charge >= 0.3 is 0 Å². The van der Waals surface area contributed by atoms with E-state index in [9.17, 15) is 9.90 Å². The van der Waals surface area contributed by atoms with E-state index in [0.29, 0.717) is 33.6 Å². The van der Waals surface area contributed by atoms with E-state index in [1.165, 1.54) is 0 Å². The fourth-order valence-electron chi connectivity index (χ4n) is 2.73. The average Bonchev–Trinajstić information content (AvgIpc) is 2.91. The highest BCUT2D eigenvalue weighted by atomic mass is 79.9. The lowest BCUT2D eigenvalue weighted by atomic mass is 9.89. The van der Waals surface area contributed by atoms with Crippen LogP contribution in [0.1, 0.15) is 42.5 Å². The molecular formula is C20H17Br2O4-. The second kappa shape index (κ2) is 7.08. The molecule has 26 heavy (non-hydrogen) atoms. The summed E-state index contributed by atoms with van der Waals surface area (Å²) in [5.74, 6) is -0.321. The maximum Gasteiger partial charge on any atom is 0.136 e. The van der Waals surface area contributed by atoms with Crippen LogP contribution < -0.4 is 9.84 Å². The Balaban J connectivity index is 2.03. The summed E-state index contributed by atoms with van der Waals surface area (Å²) in [6.07, 6.45) is 0. The number of fused-ring (bicyclic) bond motifs is 1. The summed E-state index contributed by atoms with van der Waals surface area (Å²) in [4.78, 5) is 11.7. The van der Waals surface area contributed by atoms with Crippen molar-refractivity contribution in [3.63, 3.8) is 0 Å². The third-order valence-electron chi connectivity index (χ3n) is 3.91. The van der Waals surface area contributed by atoms with Gasteiger partial charge in [-0.15, -0.1) is 0 Å². The van der Waals surface area contributed by atoms with E-state index in [2.05, 4.69) is 31.9 Å². The third-order valence-corrected chi connectivity index (χ3v) is 5.02. The van der Waals surface area contributed by atoms with E-state index in [1.807, 2.05) is 45.0 Å². The van der Waals surface area contributed by atoms with Crippen molar-refractivity contribution in [1.29, 1.82) is 0 Å². The van der Waals surface area contributed by atoms with Gasteiger partial charge in [0, 0.05) is 20.8 Å². The van der Waals surface area contributed by atoms with Crippen LogP contribution in [0, 0.1) is 0 Å². The number of halogens is 2. The summed E-state index contributed by atoms with van der Waals surface area (Å²) < 4.78 is 13.4. The van der Waals surface area contributed by atoms with Crippen molar-refractivity contribution in [2.45, 2.75) is 32.8 Å². The van der Waals surface area contributed by atoms with E-state index in [1.54, 1.807) is 12.1 Å². The molecule has 0 unspecified atom stereocenters. The van der Waals surface area contributed by atoms with Gasteiger partial charge < -0.3 is 19.1 Å². The number of carbonyl (C=O) groups excluding carboxylic acids is 1. The second-order valence-corrected chi connectivity index (χ2v) is 8.81. The molecule has 0 radical (unpaired) electrons. The van der Waals surface area contributed by atoms with Crippen molar-refractivity contribution >= 4 is 48.8 Å². The van der Waals surface area contributed by atoms with Crippen molar-refractivity contribution in [3.05, 3.63) is 62.2 Å². The fourth-order valence-corrected chi connectivity index (χ4v) is 3.61. The number of benzene rings is 2. The summed E-state index contributed by atoms with van der Waals surface area (Å²) in [5, 5.41) is 12.2. The Morgan fingerprint density at radius 3 is 2.54 bits per heavy atom. The van der Waals surface area contributed by atoms with Crippen LogP contribution in [0.15, 0.2) is 49.8 Å². The molecule has 0 amide bonds. The Morgan fingerprint density at radius 1 is 1.19 bits per heavy atom. The molecule has 0 atom stereocenters.